The normalized spacial score (nSPS) is 29.8. The monoisotopic (exact) mass is 351 g/mol. The van der Waals surface area contributed by atoms with Gasteiger partial charge in [-0.25, -0.2) is 0 Å². The summed E-state index contributed by atoms with van der Waals surface area (Å²) < 4.78 is 7.29. The second kappa shape index (κ2) is 6.31. The van der Waals surface area contributed by atoms with Crippen molar-refractivity contribution in [2.24, 2.45) is 0 Å². The fourth-order valence-corrected chi connectivity index (χ4v) is 2.67. The van der Waals surface area contributed by atoms with E-state index in [-0.39, 0.29) is 5.56 Å². The Morgan fingerprint density at radius 3 is 2.75 bits per heavy atom. The zero-order chi connectivity index (χ0) is 14.9. The molecule has 1 aliphatic heterocycles. The SMILES string of the molecule is CNCc1cn([C@@H]2O[C@H](CO)[C@@H](O)[C@H]2O)c(=[Se])[nH]c1=O. The van der Waals surface area contributed by atoms with Gasteiger partial charge >= 0.3 is 122 Å². The van der Waals surface area contributed by atoms with Crippen LogP contribution in [-0.4, -0.2) is 72.4 Å². The maximum absolute atomic E-state index is 11.7. The summed E-state index contributed by atoms with van der Waals surface area (Å²) >= 11 is 2.68. The van der Waals surface area contributed by atoms with E-state index in [0.717, 1.165) is 0 Å². The summed E-state index contributed by atoms with van der Waals surface area (Å²) in [4.78, 5) is 14.4. The number of hydrogen-bond donors (Lipinski definition) is 5. The van der Waals surface area contributed by atoms with E-state index in [1.807, 2.05) is 0 Å². The second-order valence-corrected chi connectivity index (χ2v) is 5.39. The van der Waals surface area contributed by atoms with Gasteiger partial charge in [0.25, 0.3) is 0 Å². The average Bonchev–Trinajstić information content (AvgIpc) is 2.70. The van der Waals surface area contributed by atoms with Crippen molar-refractivity contribution < 1.29 is 20.1 Å². The Labute approximate surface area is 122 Å². The molecule has 0 amide bonds. The molecule has 0 aromatic carbocycles. The molecule has 0 spiro atoms. The van der Waals surface area contributed by atoms with E-state index in [2.05, 4.69) is 25.9 Å². The number of aliphatic hydroxyl groups excluding tert-OH is 3. The van der Waals surface area contributed by atoms with Gasteiger partial charge in [-0.15, -0.1) is 0 Å². The molecule has 112 valence electrons. The molecular weight excluding hydrogens is 333 g/mol. The van der Waals surface area contributed by atoms with E-state index in [0.29, 0.717) is 16.4 Å². The van der Waals surface area contributed by atoms with E-state index in [9.17, 15) is 15.0 Å². The molecule has 1 aromatic heterocycles. The Bertz CT molecular complexity index is 586. The number of rotatable bonds is 4. The number of hydrogen-bond acceptors (Lipinski definition) is 6. The molecule has 5 N–H and O–H groups in total. The van der Waals surface area contributed by atoms with Gasteiger partial charge in [0, 0.05) is 0 Å². The molecule has 2 heterocycles. The molecule has 2 rings (SSSR count). The van der Waals surface area contributed by atoms with Gasteiger partial charge in [0.15, 0.2) is 0 Å². The summed E-state index contributed by atoms with van der Waals surface area (Å²) in [6.45, 7) is -0.0464. The van der Waals surface area contributed by atoms with E-state index in [1.165, 1.54) is 4.57 Å². The van der Waals surface area contributed by atoms with Crippen LogP contribution in [0.15, 0.2) is 11.0 Å². The van der Waals surface area contributed by atoms with Gasteiger partial charge in [0.2, 0.25) is 0 Å². The summed E-state index contributed by atoms with van der Waals surface area (Å²) in [6.07, 6.45) is -2.58. The minimum atomic E-state index is -1.20. The molecule has 0 unspecified atom stereocenters. The third kappa shape index (κ3) is 2.79. The third-order valence-electron chi connectivity index (χ3n) is 3.20. The van der Waals surface area contributed by atoms with Gasteiger partial charge < -0.3 is 0 Å². The zero-order valence-electron chi connectivity index (χ0n) is 10.8. The van der Waals surface area contributed by atoms with Crippen molar-refractivity contribution in [1.82, 2.24) is 14.9 Å². The second-order valence-electron chi connectivity index (χ2n) is 4.58. The Morgan fingerprint density at radius 1 is 1.50 bits per heavy atom. The van der Waals surface area contributed by atoms with Crippen LogP contribution < -0.4 is 10.9 Å². The standard InChI is InChI=1S/C11H17N3O5Se/c1-12-2-5-3-14(11(20)13-9(5)18)10-8(17)7(16)6(4-15)19-10/h3,6-8,10,12,15-17H,2,4H2,1H3,(H,13,18,20)/t6-,7-,8-,10-/m1/s1. The van der Waals surface area contributed by atoms with Gasteiger partial charge in [-0.1, -0.05) is 0 Å². The molecule has 4 atom stereocenters. The predicted molar refractivity (Wildman–Crippen MR) is 69.8 cm³/mol. The summed E-state index contributed by atoms with van der Waals surface area (Å²) in [5.74, 6) is 0. The first-order chi connectivity index (χ1) is 9.49. The number of ether oxygens (including phenoxy) is 1. The van der Waals surface area contributed by atoms with Crippen LogP contribution in [0.4, 0.5) is 0 Å². The van der Waals surface area contributed by atoms with Gasteiger partial charge in [-0.2, -0.15) is 0 Å². The predicted octanol–water partition coefficient (Wildman–Crippen LogP) is -2.79. The van der Waals surface area contributed by atoms with E-state index >= 15 is 0 Å². The molecule has 0 aliphatic carbocycles. The van der Waals surface area contributed by atoms with Crippen molar-refractivity contribution in [2.45, 2.75) is 31.1 Å². The van der Waals surface area contributed by atoms with E-state index in [1.54, 1.807) is 13.2 Å². The van der Waals surface area contributed by atoms with Crippen molar-refractivity contribution in [3.05, 3.63) is 26.4 Å². The Kier molecular flexibility index (Phi) is 4.92. The summed E-state index contributed by atoms with van der Waals surface area (Å²) in [5, 5.41) is 31.7. The van der Waals surface area contributed by atoms with Crippen LogP contribution in [0.25, 0.3) is 0 Å². The molecule has 1 aliphatic rings. The van der Waals surface area contributed by atoms with Crippen LogP contribution in [0, 0.1) is 4.32 Å². The topological polar surface area (TPSA) is 120 Å². The van der Waals surface area contributed by atoms with E-state index < -0.39 is 31.1 Å². The van der Waals surface area contributed by atoms with Crippen LogP contribution in [-0.2, 0) is 11.3 Å². The minimum absolute atomic E-state index is 0.254. The molecule has 1 aromatic rings. The van der Waals surface area contributed by atoms with Gasteiger partial charge in [0.05, 0.1) is 0 Å². The third-order valence-corrected chi connectivity index (χ3v) is 3.86. The number of aliphatic hydroxyl groups is 3. The van der Waals surface area contributed by atoms with Crippen LogP contribution in [0.3, 0.4) is 0 Å². The molecule has 20 heavy (non-hydrogen) atoms. The number of aromatic nitrogens is 2. The molecule has 0 saturated carbocycles. The fourth-order valence-electron chi connectivity index (χ4n) is 2.14. The number of nitrogens with zero attached hydrogens (tertiary/aromatic N) is 1. The van der Waals surface area contributed by atoms with Crippen molar-refractivity contribution >= 4 is 15.6 Å². The Morgan fingerprint density at radius 2 is 2.20 bits per heavy atom. The van der Waals surface area contributed by atoms with E-state index in [4.69, 9.17) is 9.84 Å². The van der Waals surface area contributed by atoms with Crippen molar-refractivity contribution in [3.63, 3.8) is 0 Å². The maximum atomic E-state index is 11.7. The van der Waals surface area contributed by atoms with Crippen molar-refractivity contribution in [3.8, 4) is 0 Å². The first kappa shape index (κ1) is 15.6. The Balaban J connectivity index is 2.40. The fraction of sp³-hybridized carbons (Fsp3) is 0.636. The van der Waals surface area contributed by atoms with Gasteiger partial charge in [0.1, 0.15) is 0 Å². The first-order valence-corrected chi connectivity index (χ1v) is 6.96. The van der Waals surface area contributed by atoms with Crippen molar-refractivity contribution in [1.29, 1.82) is 0 Å². The van der Waals surface area contributed by atoms with Crippen LogP contribution in [0.2, 0.25) is 0 Å². The molecule has 9 heteroatoms. The van der Waals surface area contributed by atoms with Crippen molar-refractivity contribution in [2.75, 3.05) is 13.7 Å². The zero-order valence-corrected chi connectivity index (χ0v) is 12.5. The molecule has 1 fully saturated rings. The van der Waals surface area contributed by atoms with Gasteiger partial charge in [-0.3, -0.25) is 0 Å². The molecule has 1 saturated heterocycles. The van der Waals surface area contributed by atoms with Crippen LogP contribution in [0.5, 0.6) is 0 Å². The molecule has 8 nitrogen and oxygen atoms in total. The summed E-state index contributed by atoms with van der Waals surface area (Å²) in [5.41, 5.74) is 0.209. The summed E-state index contributed by atoms with van der Waals surface area (Å²) in [7, 11) is 1.71. The van der Waals surface area contributed by atoms with Crippen LogP contribution >= 0.6 is 0 Å². The molecule has 0 radical (unpaired) electrons. The van der Waals surface area contributed by atoms with Gasteiger partial charge in [-0.05, 0) is 0 Å². The summed E-state index contributed by atoms with van der Waals surface area (Å²) in [6, 6.07) is 0. The van der Waals surface area contributed by atoms with Crippen LogP contribution in [0.1, 0.15) is 11.8 Å². The first-order valence-electron chi connectivity index (χ1n) is 6.11. The number of H-pyrrole nitrogens is 1. The number of nitrogens with one attached hydrogen (secondary N) is 2. The Hall–Kier alpha value is -0.801. The number of aromatic amines is 1. The average molecular weight is 350 g/mol. The quantitative estimate of drug-likeness (QED) is 0.375. The molecular formula is C11H17N3O5Se. The molecule has 0 bridgehead atoms.